The molecule has 1 amide bonds. The van der Waals surface area contributed by atoms with E-state index in [2.05, 4.69) is 37.2 Å². The number of ether oxygens (including phenoxy) is 1. The van der Waals surface area contributed by atoms with Gasteiger partial charge >= 0.3 is 5.97 Å². The quantitative estimate of drug-likeness (QED) is 0.690. The molecule has 0 aliphatic carbocycles. The average Bonchev–Trinajstić information content (AvgIpc) is 2.45. The van der Waals surface area contributed by atoms with Crippen molar-refractivity contribution < 1.29 is 14.3 Å². The van der Waals surface area contributed by atoms with Crippen LogP contribution in [0.1, 0.15) is 30.1 Å². The van der Waals surface area contributed by atoms with Crippen LogP contribution in [0.5, 0.6) is 0 Å². The Morgan fingerprint density at radius 3 is 2.62 bits per heavy atom. The van der Waals surface area contributed by atoms with Crippen molar-refractivity contribution in [2.24, 2.45) is 11.7 Å². The van der Waals surface area contributed by atoms with E-state index >= 15 is 0 Å². The minimum atomic E-state index is -0.512. The molecule has 0 saturated heterocycles. The average molecular weight is 422 g/mol. The molecule has 0 aliphatic rings. The number of esters is 1. The lowest BCUT2D eigenvalue weighted by Gasteiger charge is -2.15. The van der Waals surface area contributed by atoms with Gasteiger partial charge in [0.25, 0.3) is 0 Å². The number of amides is 1. The summed E-state index contributed by atoms with van der Waals surface area (Å²) in [6.45, 7) is 2.38. The molecule has 5 nitrogen and oxygen atoms in total. The Morgan fingerprint density at radius 1 is 1.38 bits per heavy atom. The summed E-state index contributed by atoms with van der Waals surface area (Å²) < 4.78 is 6.07. The molecular formula is C14H18Br2N2O3. The van der Waals surface area contributed by atoms with Crippen LogP contribution in [-0.4, -0.2) is 25.5 Å². The second-order valence-electron chi connectivity index (χ2n) is 4.62. The molecule has 0 spiro atoms. The molecule has 0 aromatic heterocycles. The van der Waals surface area contributed by atoms with Gasteiger partial charge < -0.3 is 15.8 Å². The smallest absolute Gasteiger partial charge is 0.340 e. The summed E-state index contributed by atoms with van der Waals surface area (Å²) in [6, 6.07) is 3.36. The number of nitrogens with two attached hydrogens (primary N) is 1. The fourth-order valence-corrected chi connectivity index (χ4v) is 3.10. The van der Waals surface area contributed by atoms with E-state index in [9.17, 15) is 9.59 Å². The first-order chi connectivity index (χ1) is 9.90. The summed E-state index contributed by atoms with van der Waals surface area (Å²) in [6.07, 6.45) is 1.48. The lowest BCUT2D eigenvalue weighted by molar-refractivity contribution is -0.119. The third-order valence-electron chi connectivity index (χ3n) is 3.00. The van der Waals surface area contributed by atoms with Gasteiger partial charge in [0, 0.05) is 14.9 Å². The van der Waals surface area contributed by atoms with E-state index in [0.717, 1.165) is 6.42 Å². The molecule has 1 unspecified atom stereocenters. The Balaban J connectivity index is 3.01. The number of carbonyl (C=O) groups excluding carboxylic acids is 2. The van der Waals surface area contributed by atoms with Gasteiger partial charge in [-0.2, -0.15) is 0 Å². The number of benzene rings is 1. The minimum Gasteiger partial charge on any atom is -0.465 e. The molecule has 1 aromatic rings. The standard InChI is InChI=1S/C14H18Br2N2O3/c1-8(4-3-5-17)13(19)18-12-10(14(20)21-2)6-9(15)7-11(12)16/h6-8H,3-5,17H2,1-2H3,(H,18,19). The maximum absolute atomic E-state index is 12.2. The van der Waals surface area contributed by atoms with Crippen LogP contribution in [0, 0.1) is 5.92 Å². The molecule has 0 heterocycles. The minimum absolute atomic E-state index is 0.156. The topological polar surface area (TPSA) is 81.4 Å². The molecule has 1 rings (SSSR count). The number of rotatable bonds is 6. The number of methoxy groups -OCH3 is 1. The predicted molar refractivity (Wildman–Crippen MR) is 89.3 cm³/mol. The van der Waals surface area contributed by atoms with E-state index in [1.54, 1.807) is 12.1 Å². The molecule has 3 N–H and O–H groups in total. The maximum Gasteiger partial charge on any atom is 0.340 e. The van der Waals surface area contributed by atoms with Crippen molar-refractivity contribution >= 4 is 49.4 Å². The lowest BCUT2D eigenvalue weighted by atomic mass is 10.0. The van der Waals surface area contributed by atoms with Crippen LogP contribution < -0.4 is 11.1 Å². The monoisotopic (exact) mass is 420 g/mol. The zero-order chi connectivity index (χ0) is 16.0. The molecule has 0 saturated carbocycles. The molecule has 0 aliphatic heterocycles. The first-order valence-corrected chi connectivity index (χ1v) is 8.07. The molecule has 0 bridgehead atoms. The number of hydrogen-bond acceptors (Lipinski definition) is 4. The van der Waals surface area contributed by atoms with Crippen molar-refractivity contribution in [2.45, 2.75) is 19.8 Å². The third-order valence-corrected chi connectivity index (χ3v) is 4.08. The molecule has 21 heavy (non-hydrogen) atoms. The first-order valence-electron chi connectivity index (χ1n) is 6.49. The van der Waals surface area contributed by atoms with Gasteiger partial charge in [-0.15, -0.1) is 0 Å². The van der Waals surface area contributed by atoms with Crippen molar-refractivity contribution in [1.29, 1.82) is 0 Å². The summed E-state index contributed by atoms with van der Waals surface area (Å²) in [4.78, 5) is 24.0. The summed E-state index contributed by atoms with van der Waals surface area (Å²) in [7, 11) is 1.30. The van der Waals surface area contributed by atoms with Crippen LogP contribution >= 0.6 is 31.9 Å². The highest BCUT2D eigenvalue weighted by Gasteiger charge is 2.20. The third kappa shape index (κ3) is 5.09. The van der Waals surface area contributed by atoms with Crippen molar-refractivity contribution in [3.63, 3.8) is 0 Å². The van der Waals surface area contributed by atoms with E-state index in [1.165, 1.54) is 7.11 Å². The highest BCUT2D eigenvalue weighted by molar-refractivity contribution is 9.11. The van der Waals surface area contributed by atoms with Crippen LogP contribution in [0.2, 0.25) is 0 Å². The fraction of sp³-hybridized carbons (Fsp3) is 0.429. The van der Waals surface area contributed by atoms with Crippen molar-refractivity contribution in [3.8, 4) is 0 Å². The SMILES string of the molecule is COC(=O)c1cc(Br)cc(Br)c1NC(=O)C(C)CCCN. The van der Waals surface area contributed by atoms with Gasteiger partial charge in [-0.1, -0.05) is 22.9 Å². The predicted octanol–water partition coefficient (Wildman–Crippen LogP) is 3.31. The Hall–Kier alpha value is -0.920. The zero-order valence-corrected chi connectivity index (χ0v) is 15.1. The zero-order valence-electron chi connectivity index (χ0n) is 11.9. The molecular weight excluding hydrogens is 404 g/mol. The van der Waals surface area contributed by atoms with Gasteiger partial charge in [0.15, 0.2) is 0 Å². The number of halogens is 2. The van der Waals surface area contributed by atoms with E-state index < -0.39 is 5.97 Å². The molecule has 0 radical (unpaired) electrons. The maximum atomic E-state index is 12.2. The summed E-state index contributed by atoms with van der Waals surface area (Å²) in [5.41, 5.74) is 6.15. The molecule has 0 fully saturated rings. The second kappa shape index (κ2) is 8.51. The number of nitrogens with one attached hydrogen (secondary N) is 1. The summed E-state index contributed by atoms with van der Waals surface area (Å²) in [5.74, 6) is -0.854. The highest BCUT2D eigenvalue weighted by Crippen LogP contribution is 2.31. The Kier molecular flexibility index (Phi) is 7.34. The highest BCUT2D eigenvalue weighted by atomic mass is 79.9. The molecule has 1 aromatic carbocycles. The van der Waals surface area contributed by atoms with Crippen molar-refractivity contribution in [2.75, 3.05) is 19.0 Å². The molecule has 7 heteroatoms. The molecule has 1 atom stereocenters. The van der Waals surface area contributed by atoms with E-state index in [1.807, 2.05) is 6.92 Å². The van der Waals surface area contributed by atoms with Gasteiger partial charge in [-0.05, 0) is 47.4 Å². The Bertz CT molecular complexity index is 535. The van der Waals surface area contributed by atoms with Gasteiger partial charge in [-0.25, -0.2) is 4.79 Å². The van der Waals surface area contributed by atoms with Gasteiger partial charge in [0.2, 0.25) is 5.91 Å². The van der Waals surface area contributed by atoms with E-state index in [-0.39, 0.29) is 17.4 Å². The van der Waals surface area contributed by atoms with E-state index in [4.69, 9.17) is 10.5 Å². The molecule has 116 valence electrons. The number of anilines is 1. The Labute approximate surface area is 140 Å². The van der Waals surface area contributed by atoms with Crippen molar-refractivity contribution in [3.05, 3.63) is 26.6 Å². The second-order valence-corrected chi connectivity index (χ2v) is 6.39. The fourth-order valence-electron chi connectivity index (χ4n) is 1.77. The number of hydrogen-bond donors (Lipinski definition) is 2. The first kappa shape index (κ1) is 18.1. The van der Waals surface area contributed by atoms with E-state index in [0.29, 0.717) is 27.6 Å². The summed E-state index contributed by atoms with van der Waals surface area (Å²) in [5, 5.41) is 2.78. The number of carbonyl (C=O) groups is 2. The normalized spacial score (nSPS) is 11.9. The van der Waals surface area contributed by atoms with Gasteiger partial charge in [0.05, 0.1) is 18.4 Å². The largest absolute Gasteiger partial charge is 0.465 e. The van der Waals surface area contributed by atoms with Crippen LogP contribution in [0.3, 0.4) is 0 Å². The summed E-state index contributed by atoms with van der Waals surface area (Å²) >= 11 is 6.66. The van der Waals surface area contributed by atoms with Crippen molar-refractivity contribution in [1.82, 2.24) is 0 Å². The lowest BCUT2D eigenvalue weighted by Crippen LogP contribution is -2.23. The van der Waals surface area contributed by atoms with Crippen LogP contribution in [0.15, 0.2) is 21.1 Å². The van der Waals surface area contributed by atoms with Gasteiger partial charge in [-0.3, -0.25) is 4.79 Å². The van der Waals surface area contributed by atoms with Crippen LogP contribution in [0.4, 0.5) is 5.69 Å². The van der Waals surface area contributed by atoms with Gasteiger partial charge in [0.1, 0.15) is 0 Å². The Morgan fingerprint density at radius 2 is 2.05 bits per heavy atom. The van der Waals surface area contributed by atoms with Crippen LogP contribution in [-0.2, 0) is 9.53 Å². The van der Waals surface area contributed by atoms with Crippen LogP contribution in [0.25, 0.3) is 0 Å².